The first-order chi connectivity index (χ1) is 13.3. The molecule has 1 fully saturated rings. The highest BCUT2D eigenvalue weighted by atomic mass is 16.5. The van der Waals surface area contributed by atoms with Crippen molar-refractivity contribution in [1.29, 1.82) is 0 Å². The van der Waals surface area contributed by atoms with Crippen molar-refractivity contribution in [1.82, 2.24) is 24.6 Å². The summed E-state index contributed by atoms with van der Waals surface area (Å²) in [6.45, 7) is 10.2. The minimum absolute atomic E-state index is 0.392. The summed E-state index contributed by atoms with van der Waals surface area (Å²) in [5.41, 5.74) is 0.848. The van der Waals surface area contributed by atoms with Gasteiger partial charge in [0.05, 0.1) is 12.2 Å². The van der Waals surface area contributed by atoms with Gasteiger partial charge in [-0.15, -0.1) is 0 Å². The van der Waals surface area contributed by atoms with E-state index in [1.807, 2.05) is 68.9 Å². The monoisotopic (exact) mass is 369 g/mol. The Kier molecular flexibility index (Phi) is 8.20. The molecule has 6 heteroatoms. The van der Waals surface area contributed by atoms with E-state index in [2.05, 4.69) is 27.0 Å². The lowest BCUT2D eigenvalue weighted by Crippen LogP contribution is -2.31. The van der Waals surface area contributed by atoms with Crippen LogP contribution in [0.3, 0.4) is 0 Å². The van der Waals surface area contributed by atoms with Crippen molar-refractivity contribution in [3.05, 3.63) is 42.9 Å². The first-order valence-electron chi connectivity index (χ1n) is 9.91. The molecule has 0 amide bonds. The number of hydrogen-bond acceptors (Lipinski definition) is 5. The average Bonchev–Trinajstić information content (AvgIpc) is 3.18. The molecule has 0 spiro atoms. The van der Waals surface area contributed by atoms with Gasteiger partial charge in [-0.1, -0.05) is 45.9 Å². The normalized spacial score (nSPS) is 14.7. The van der Waals surface area contributed by atoms with Gasteiger partial charge >= 0.3 is 0 Å². The molecule has 0 unspecified atom stereocenters. The van der Waals surface area contributed by atoms with E-state index in [-0.39, 0.29) is 0 Å². The van der Waals surface area contributed by atoms with Gasteiger partial charge in [-0.3, -0.25) is 0 Å². The van der Waals surface area contributed by atoms with Crippen LogP contribution in [0.25, 0.3) is 11.0 Å². The highest BCUT2D eigenvalue weighted by molar-refractivity contribution is 5.80. The van der Waals surface area contributed by atoms with Crippen molar-refractivity contribution in [3.63, 3.8) is 0 Å². The molecule has 3 heterocycles. The Morgan fingerprint density at radius 3 is 2.30 bits per heavy atom. The minimum atomic E-state index is 0.392. The van der Waals surface area contributed by atoms with Crippen LogP contribution in [0.4, 0.5) is 0 Å². The van der Waals surface area contributed by atoms with Crippen LogP contribution in [-0.2, 0) is 0 Å². The maximum absolute atomic E-state index is 5.90. The number of likely N-dealkylation sites (tertiary alicyclic amines) is 1. The van der Waals surface area contributed by atoms with Crippen LogP contribution in [0, 0.1) is 0 Å². The third-order valence-electron chi connectivity index (χ3n) is 4.35. The van der Waals surface area contributed by atoms with Crippen molar-refractivity contribution in [2.45, 2.75) is 46.6 Å². The Morgan fingerprint density at radius 1 is 0.963 bits per heavy atom. The first kappa shape index (κ1) is 20.8. The van der Waals surface area contributed by atoms with Crippen molar-refractivity contribution in [2.75, 3.05) is 20.1 Å². The number of rotatable bonds is 3. The zero-order valence-corrected chi connectivity index (χ0v) is 17.1. The summed E-state index contributed by atoms with van der Waals surface area (Å²) in [7, 11) is 2.16. The zero-order valence-electron chi connectivity index (χ0n) is 17.1. The molecule has 1 aromatic carbocycles. The second-order valence-corrected chi connectivity index (χ2v) is 5.95. The number of ether oxygens (including phenoxy) is 1. The molecule has 3 aromatic rings. The van der Waals surface area contributed by atoms with Crippen LogP contribution >= 0.6 is 0 Å². The third kappa shape index (κ3) is 5.04. The molecule has 1 aliphatic rings. The second-order valence-electron chi connectivity index (χ2n) is 5.95. The van der Waals surface area contributed by atoms with Crippen molar-refractivity contribution in [2.24, 2.45) is 0 Å². The van der Waals surface area contributed by atoms with Crippen molar-refractivity contribution < 1.29 is 4.74 Å². The topological polar surface area (TPSA) is 56.1 Å². The largest absolute Gasteiger partial charge is 0.438 e. The molecular formula is C21H31N5O. The van der Waals surface area contributed by atoms with E-state index in [0.717, 1.165) is 42.7 Å². The van der Waals surface area contributed by atoms with Crippen LogP contribution < -0.4 is 4.74 Å². The number of fused-ring (bicyclic) bond motifs is 1. The van der Waals surface area contributed by atoms with Gasteiger partial charge in [0.25, 0.3) is 0 Å². The number of para-hydroxylation sites is 1. The van der Waals surface area contributed by atoms with Crippen LogP contribution in [0.1, 0.15) is 46.6 Å². The molecule has 27 heavy (non-hydrogen) atoms. The molecule has 0 atom stereocenters. The summed E-state index contributed by atoms with van der Waals surface area (Å²) in [6.07, 6.45) is 5.54. The summed E-state index contributed by atoms with van der Waals surface area (Å²) in [4.78, 5) is 11.1. The first-order valence-corrected chi connectivity index (χ1v) is 9.91. The molecular weight excluding hydrogens is 338 g/mol. The number of benzene rings is 1. The van der Waals surface area contributed by atoms with Crippen LogP contribution in [0.2, 0.25) is 0 Å². The van der Waals surface area contributed by atoms with Gasteiger partial charge in [-0.2, -0.15) is 5.10 Å². The Labute approximate surface area is 162 Å². The van der Waals surface area contributed by atoms with E-state index >= 15 is 0 Å². The fourth-order valence-corrected chi connectivity index (χ4v) is 3.03. The highest BCUT2D eigenvalue weighted by Gasteiger charge is 2.22. The molecule has 2 aromatic heterocycles. The Bertz CT molecular complexity index is 795. The lowest BCUT2D eigenvalue weighted by molar-refractivity contribution is 0.215. The Morgan fingerprint density at radius 2 is 1.63 bits per heavy atom. The predicted molar refractivity (Wildman–Crippen MR) is 110 cm³/mol. The number of aromatic nitrogens is 4. The smallest absolute Gasteiger partial charge is 0.233 e. The summed E-state index contributed by atoms with van der Waals surface area (Å²) in [5.74, 6) is 1.32. The van der Waals surface area contributed by atoms with E-state index in [1.165, 1.54) is 0 Å². The third-order valence-corrected chi connectivity index (χ3v) is 4.35. The fourth-order valence-electron chi connectivity index (χ4n) is 3.03. The molecule has 0 radical (unpaired) electrons. The number of piperidine rings is 1. The maximum atomic E-state index is 5.90. The lowest BCUT2D eigenvalue weighted by atomic mass is 10.1. The molecule has 1 saturated heterocycles. The molecule has 0 N–H and O–H groups in total. The predicted octanol–water partition coefficient (Wildman–Crippen LogP) is 4.94. The van der Waals surface area contributed by atoms with E-state index in [1.54, 1.807) is 6.33 Å². The Hall–Kier alpha value is -2.47. The van der Waals surface area contributed by atoms with E-state index < -0.39 is 0 Å². The van der Waals surface area contributed by atoms with E-state index in [4.69, 9.17) is 4.74 Å². The zero-order chi connectivity index (χ0) is 19.6. The molecule has 0 aliphatic carbocycles. The number of nitrogens with zero attached hydrogens (tertiary/aromatic N) is 5. The maximum Gasteiger partial charge on any atom is 0.233 e. The molecule has 0 bridgehead atoms. The summed E-state index contributed by atoms with van der Waals surface area (Å²) >= 11 is 0. The number of hydrogen-bond donors (Lipinski definition) is 0. The van der Waals surface area contributed by atoms with E-state index in [9.17, 15) is 0 Å². The van der Waals surface area contributed by atoms with Gasteiger partial charge < -0.3 is 9.64 Å². The SMILES string of the molecule is CC.CC.CN1CCC(n2ncc3c(Oc4ccccc4)ncnc32)CC1. The Balaban J connectivity index is 0.000000614. The van der Waals surface area contributed by atoms with Gasteiger partial charge in [0.15, 0.2) is 5.65 Å². The molecule has 6 nitrogen and oxygen atoms in total. The summed E-state index contributed by atoms with van der Waals surface area (Å²) in [5, 5.41) is 5.42. The summed E-state index contributed by atoms with van der Waals surface area (Å²) in [6, 6.07) is 10.1. The summed E-state index contributed by atoms with van der Waals surface area (Å²) < 4.78 is 7.93. The van der Waals surface area contributed by atoms with Gasteiger partial charge in [-0.25, -0.2) is 14.6 Å². The van der Waals surface area contributed by atoms with Gasteiger partial charge in [-0.05, 0) is 45.1 Å². The second kappa shape index (κ2) is 10.6. The molecule has 4 rings (SSSR count). The van der Waals surface area contributed by atoms with Gasteiger partial charge in [0.2, 0.25) is 5.88 Å². The minimum Gasteiger partial charge on any atom is -0.438 e. The molecule has 146 valence electrons. The highest BCUT2D eigenvalue weighted by Crippen LogP contribution is 2.30. The van der Waals surface area contributed by atoms with Crippen LogP contribution in [0.15, 0.2) is 42.9 Å². The van der Waals surface area contributed by atoms with Crippen molar-refractivity contribution in [3.8, 4) is 11.6 Å². The molecule has 1 aliphatic heterocycles. The van der Waals surface area contributed by atoms with Crippen LogP contribution in [0.5, 0.6) is 11.6 Å². The van der Waals surface area contributed by atoms with E-state index in [0.29, 0.717) is 11.9 Å². The standard InChI is InChI=1S/C17H19N5O.2C2H6/c1-21-9-7-13(8-10-21)22-16-15(11-20-22)17(19-12-18-16)23-14-5-3-2-4-6-14;2*1-2/h2-6,11-13H,7-10H2,1H3;2*1-2H3. The quantitative estimate of drug-likeness (QED) is 0.655. The van der Waals surface area contributed by atoms with Crippen LogP contribution in [-0.4, -0.2) is 44.8 Å². The fraction of sp³-hybridized carbons (Fsp3) is 0.476. The van der Waals surface area contributed by atoms with Gasteiger partial charge in [0.1, 0.15) is 17.5 Å². The average molecular weight is 370 g/mol. The lowest BCUT2D eigenvalue weighted by Gasteiger charge is -2.29. The van der Waals surface area contributed by atoms with Gasteiger partial charge in [0, 0.05) is 0 Å². The molecule has 0 saturated carbocycles. The van der Waals surface area contributed by atoms with Crippen molar-refractivity contribution >= 4 is 11.0 Å².